The van der Waals surface area contributed by atoms with Crippen molar-refractivity contribution in [1.82, 2.24) is 9.99 Å². The minimum absolute atomic E-state index is 0.0398. The van der Waals surface area contributed by atoms with E-state index in [-0.39, 0.29) is 11.9 Å². The summed E-state index contributed by atoms with van der Waals surface area (Å²) in [6.45, 7) is 3.97. The predicted molar refractivity (Wildman–Crippen MR) is 120 cm³/mol. The first-order valence-corrected chi connectivity index (χ1v) is 10.6. The molecule has 0 spiro atoms. The van der Waals surface area contributed by atoms with Gasteiger partial charge in [0.25, 0.3) is 0 Å². The Morgan fingerprint density at radius 3 is 2.63 bits per heavy atom. The molecule has 2 aromatic carbocycles. The number of amides is 1. The topological polar surface area (TPSA) is 54.8 Å². The Balaban J connectivity index is 1.75. The van der Waals surface area contributed by atoms with E-state index in [1.807, 2.05) is 31.2 Å². The number of pyridine rings is 1. The molecule has 1 aromatic heterocycles. The molecule has 0 saturated heterocycles. The van der Waals surface area contributed by atoms with Crippen molar-refractivity contribution in [3.8, 4) is 5.75 Å². The van der Waals surface area contributed by atoms with Crippen molar-refractivity contribution in [3.63, 3.8) is 0 Å². The van der Waals surface area contributed by atoms with Crippen LogP contribution >= 0.6 is 11.6 Å². The van der Waals surface area contributed by atoms with Crippen LogP contribution in [0.3, 0.4) is 0 Å². The van der Waals surface area contributed by atoms with Gasteiger partial charge in [0.15, 0.2) is 0 Å². The van der Waals surface area contributed by atoms with E-state index in [0.29, 0.717) is 29.3 Å². The average molecular weight is 422 g/mol. The first-order chi connectivity index (χ1) is 14.5. The van der Waals surface area contributed by atoms with Gasteiger partial charge in [-0.05, 0) is 29.7 Å². The highest BCUT2D eigenvalue weighted by Gasteiger charge is 2.34. The van der Waals surface area contributed by atoms with E-state index >= 15 is 0 Å². The fraction of sp³-hybridized carbons (Fsp3) is 0.292. The molecule has 1 unspecified atom stereocenters. The molecule has 2 heterocycles. The summed E-state index contributed by atoms with van der Waals surface area (Å²) >= 11 is 6.60. The first-order valence-electron chi connectivity index (χ1n) is 10.2. The third kappa shape index (κ3) is 3.65. The van der Waals surface area contributed by atoms with Crippen LogP contribution in [0.15, 0.2) is 53.6 Å². The van der Waals surface area contributed by atoms with Gasteiger partial charge in [-0.15, -0.1) is 0 Å². The lowest BCUT2D eigenvalue weighted by molar-refractivity contribution is -0.132. The largest absolute Gasteiger partial charge is 0.494 e. The second-order valence-electron chi connectivity index (χ2n) is 7.31. The number of para-hydroxylation sites is 1. The zero-order chi connectivity index (χ0) is 21.3. The van der Waals surface area contributed by atoms with E-state index in [0.717, 1.165) is 28.6 Å². The molecule has 5 nitrogen and oxygen atoms in total. The minimum atomic E-state index is -0.283. The Morgan fingerprint density at radius 1 is 1.20 bits per heavy atom. The molecule has 30 heavy (non-hydrogen) atoms. The summed E-state index contributed by atoms with van der Waals surface area (Å²) in [5.74, 6) is 0.629. The fourth-order valence-corrected chi connectivity index (χ4v) is 4.08. The van der Waals surface area contributed by atoms with E-state index in [1.54, 1.807) is 12.1 Å². The number of rotatable bonds is 5. The summed E-state index contributed by atoms with van der Waals surface area (Å²) in [7, 11) is 1.61. The van der Waals surface area contributed by atoms with Crippen LogP contribution in [0.4, 0.5) is 0 Å². The van der Waals surface area contributed by atoms with Crippen LogP contribution in [-0.2, 0) is 11.2 Å². The van der Waals surface area contributed by atoms with Crippen molar-refractivity contribution >= 4 is 34.1 Å². The molecular formula is C24H24ClN3O2. The van der Waals surface area contributed by atoms with E-state index in [1.165, 1.54) is 5.56 Å². The molecule has 4 rings (SSSR count). The summed E-state index contributed by atoms with van der Waals surface area (Å²) in [6.07, 6.45) is 1.94. The minimum Gasteiger partial charge on any atom is -0.494 e. The SMILES string of the molecule is CCC(=O)N1N=C(c2ccc(CC)cc2)CC1c1cc2cccc(OC)c2nc1Cl. The zero-order valence-corrected chi connectivity index (χ0v) is 18.1. The number of aryl methyl sites for hydroxylation is 1. The maximum atomic E-state index is 12.7. The Hall–Kier alpha value is -2.92. The van der Waals surface area contributed by atoms with E-state index in [4.69, 9.17) is 16.3 Å². The van der Waals surface area contributed by atoms with E-state index in [9.17, 15) is 4.79 Å². The Bertz CT molecular complexity index is 1130. The van der Waals surface area contributed by atoms with Crippen LogP contribution in [0.5, 0.6) is 5.75 Å². The zero-order valence-electron chi connectivity index (χ0n) is 17.4. The Labute approximate surface area is 181 Å². The highest BCUT2D eigenvalue weighted by Crippen LogP contribution is 2.38. The van der Waals surface area contributed by atoms with Crippen molar-refractivity contribution in [2.75, 3.05) is 7.11 Å². The number of carbonyl (C=O) groups excluding carboxylic acids is 1. The number of methoxy groups -OCH3 is 1. The van der Waals surface area contributed by atoms with Crippen molar-refractivity contribution in [2.24, 2.45) is 5.10 Å². The smallest absolute Gasteiger partial charge is 0.242 e. The van der Waals surface area contributed by atoms with E-state index < -0.39 is 0 Å². The van der Waals surface area contributed by atoms with Crippen molar-refractivity contribution < 1.29 is 9.53 Å². The maximum Gasteiger partial charge on any atom is 0.242 e. The molecule has 0 radical (unpaired) electrons. The van der Waals surface area contributed by atoms with Crippen LogP contribution < -0.4 is 4.74 Å². The number of carbonyl (C=O) groups is 1. The van der Waals surface area contributed by atoms with Crippen molar-refractivity contribution in [2.45, 2.75) is 39.2 Å². The Morgan fingerprint density at radius 2 is 1.97 bits per heavy atom. The molecule has 0 bridgehead atoms. The van der Waals surface area contributed by atoms with Crippen molar-refractivity contribution in [3.05, 3.63) is 70.4 Å². The molecule has 0 N–H and O–H groups in total. The van der Waals surface area contributed by atoms with Gasteiger partial charge in [-0.3, -0.25) is 4.79 Å². The summed E-state index contributed by atoms with van der Waals surface area (Å²) in [4.78, 5) is 17.3. The summed E-state index contributed by atoms with van der Waals surface area (Å²) in [6, 6.07) is 15.8. The lowest BCUT2D eigenvalue weighted by Gasteiger charge is -2.22. The third-order valence-electron chi connectivity index (χ3n) is 5.53. The number of fused-ring (bicyclic) bond motifs is 1. The number of nitrogens with zero attached hydrogens (tertiary/aromatic N) is 3. The van der Waals surface area contributed by atoms with Gasteiger partial charge in [-0.25, -0.2) is 9.99 Å². The Kier molecular flexibility index (Phi) is 5.73. The number of ether oxygens (including phenoxy) is 1. The second kappa shape index (κ2) is 8.44. The highest BCUT2D eigenvalue weighted by molar-refractivity contribution is 6.30. The maximum absolute atomic E-state index is 12.7. The lowest BCUT2D eigenvalue weighted by atomic mass is 9.97. The molecule has 154 valence electrons. The van der Waals surface area contributed by atoms with Crippen LogP contribution in [0.2, 0.25) is 5.15 Å². The molecule has 0 saturated carbocycles. The average Bonchev–Trinajstić information content (AvgIpc) is 3.23. The predicted octanol–water partition coefficient (Wildman–Crippen LogP) is 5.55. The summed E-state index contributed by atoms with van der Waals surface area (Å²) in [5, 5.41) is 7.53. The van der Waals surface area contributed by atoms with Gasteiger partial charge < -0.3 is 4.74 Å². The van der Waals surface area contributed by atoms with Gasteiger partial charge >= 0.3 is 0 Å². The third-order valence-corrected chi connectivity index (χ3v) is 5.83. The molecule has 1 aliphatic rings. The fourth-order valence-electron chi connectivity index (χ4n) is 3.82. The highest BCUT2D eigenvalue weighted by atomic mass is 35.5. The molecule has 6 heteroatoms. The van der Waals surface area contributed by atoms with Crippen molar-refractivity contribution in [1.29, 1.82) is 0 Å². The van der Waals surface area contributed by atoms with Gasteiger partial charge in [0.2, 0.25) is 5.91 Å². The van der Waals surface area contributed by atoms with Gasteiger partial charge in [-0.1, -0.05) is 61.8 Å². The normalized spacial score (nSPS) is 16.1. The number of hydrogen-bond donors (Lipinski definition) is 0. The molecule has 1 atom stereocenters. The monoisotopic (exact) mass is 421 g/mol. The van der Waals surface area contributed by atoms with Crippen LogP contribution in [0.25, 0.3) is 10.9 Å². The number of benzene rings is 2. The van der Waals surface area contributed by atoms with Crippen LogP contribution in [-0.4, -0.2) is 28.7 Å². The van der Waals surface area contributed by atoms with Gasteiger partial charge in [0.1, 0.15) is 16.4 Å². The van der Waals surface area contributed by atoms with Gasteiger partial charge in [-0.2, -0.15) is 5.10 Å². The molecule has 1 aliphatic heterocycles. The quantitative estimate of drug-likeness (QED) is 0.507. The lowest BCUT2D eigenvalue weighted by Crippen LogP contribution is -2.26. The summed E-state index contributed by atoms with van der Waals surface area (Å²) < 4.78 is 5.41. The molecule has 1 amide bonds. The van der Waals surface area contributed by atoms with E-state index in [2.05, 4.69) is 41.3 Å². The van der Waals surface area contributed by atoms with Gasteiger partial charge in [0.05, 0.1) is 18.9 Å². The number of hydrazone groups is 1. The number of hydrogen-bond acceptors (Lipinski definition) is 4. The second-order valence-corrected chi connectivity index (χ2v) is 7.67. The molecule has 0 aliphatic carbocycles. The van der Waals surface area contributed by atoms with Crippen LogP contribution in [0, 0.1) is 0 Å². The molecular weight excluding hydrogens is 398 g/mol. The first kappa shape index (κ1) is 20.4. The molecule has 3 aromatic rings. The number of aromatic nitrogens is 1. The summed E-state index contributed by atoms with van der Waals surface area (Å²) in [5.41, 5.74) is 4.67. The molecule has 0 fully saturated rings. The number of halogens is 1. The van der Waals surface area contributed by atoms with Gasteiger partial charge in [0, 0.05) is 23.8 Å². The van der Waals surface area contributed by atoms with Crippen LogP contribution in [0.1, 0.15) is 49.4 Å². The standard InChI is InChI=1S/C24H24ClN3O2/c1-4-15-9-11-16(12-10-15)19-14-20(28(27-19)22(29)5-2)18-13-17-7-6-8-21(30-3)23(17)26-24(18)25/h6-13,20H,4-5,14H2,1-3H3.